The molecule has 0 saturated carbocycles. The minimum Gasteiger partial charge on any atom is -0.450 e. The number of likely N-dealkylation sites (N-methyl/N-ethyl adjacent to an activating group) is 1. The summed E-state index contributed by atoms with van der Waals surface area (Å²) in [5, 5.41) is 0.375. The number of fused-ring (bicyclic) bond motifs is 1. The number of carbonyl (C=O) groups is 2. The van der Waals surface area contributed by atoms with Gasteiger partial charge in [-0.2, -0.15) is 0 Å². The molecule has 0 saturated heterocycles. The first-order valence-electron chi connectivity index (χ1n) is 9.05. The highest BCUT2D eigenvalue weighted by molar-refractivity contribution is 5.90. The van der Waals surface area contributed by atoms with E-state index < -0.39 is 12.6 Å². The minimum absolute atomic E-state index is 0.233. The molecule has 29 heavy (non-hydrogen) atoms. The van der Waals surface area contributed by atoms with Crippen LogP contribution in [0.2, 0.25) is 0 Å². The average molecular weight is 394 g/mol. The number of amides is 1. The smallest absolute Gasteiger partial charge is 0.374 e. The topological polar surface area (TPSA) is 80.1 Å². The zero-order valence-corrected chi connectivity index (χ0v) is 16.5. The largest absolute Gasteiger partial charge is 0.450 e. The van der Waals surface area contributed by atoms with Gasteiger partial charge in [0.15, 0.2) is 12.0 Å². The molecule has 1 heterocycles. The Bertz CT molecular complexity index is 1090. The van der Waals surface area contributed by atoms with Gasteiger partial charge in [-0.3, -0.25) is 9.59 Å². The van der Waals surface area contributed by atoms with Crippen LogP contribution in [0.25, 0.3) is 11.0 Å². The van der Waals surface area contributed by atoms with Crippen molar-refractivity contribution in [3.05, 3.63) is 76.1 Å². The van der Waals surface area contributed by atoms with Crippen molar-refractivity contribution >= 4 is 28.5 Å². The third kappa shape index (κ3) is 4.82. The highest BCUT2D eigenvalue weighted by Crippen LogP contribution is 2.14. The number of benzene rings is 2. The summed E-state index contributed by atoms with van der Waals surface area (Å²) in [6.07, 6.45) is 0. The highest BCUT2D eigenvalue weighted by Gasteiger charge is 2.17. The first kappa shape index (κ1) is 20.1. The summed E-state index contributed by atoms with van der Waals surface area (Å²) in [6.45, 7) is -0.0587. The van der Waals surface area contributed by atoms with Crippen molar-refractivity contribution in [1.82, 2.24) is 4.90 Å². The predicted molar refractivity (Wildman–Crippen MR) is 110 cm³/mol. The second kappa shape index (κ2) is 8.60. The van der Waals surface area contributed by atoms with Crippen molar-refractivity contribution in [2.45, 2.75) is 6.54 Å². The Kier molecular flexibility index (Phi) is 5.97. The molecule has 0 unspecified atom stereocenters. The molecule has 0 N–H and O–H groups in total. The first-order valence-corrected chi connectivity index (χ1v) is 9.05. The fourth-order valence-corrected chi connectivity index (χ4v) is 2.77. The number of para-hydroxylation sites is 1. The summed E-state index contributed by atoms with van der Waals surface area (Å²) in [5.41, 5.74) is 1.96. The van der Waals surface area contributed by atoms with Crippen molar-refractivity contribution < 1.29 is 18.7 Å². The molecule has 0 aliphatic heterocycles. The van der Waals surface area contributed by atoms with Gasteiger partial charge in [0.1, 0.15) is 5.58 Å². The fraction of sp³-hybridized carbons (Fsp3) is 0.227. The molecule has 150 valence electrons. The molecular formula is C22H22N2O5. The fourth-order valence-electron chi connectivity index (χ4n) is 2.77. The molecule has 3 rings (SSSR count). The molecule has 3 aromatic rings. The number of carbonyl (C=O) groups excluding carboxylic acids is 2. The maximum Gasteiger partial charge on any atom is 0.374 e. The van der Waals surface area contributed by atoms with E-state index in [0.717, 1.165) is 17.3 Å². The lowest BCUT2D eigenvalue weighted by atomic mass is 10.2. The molecule has 0 bridgehead atoms. The van der Waals surface area contributed by atoms with Crippen LogP contribution in [0.1, 0.15) is 16.1 Å². The lowest BCUT2D eigenvalue weighted by Gasteiger charge is -2.18. The summed E-state index contributed by atoms with van der Waals surface area (Å²) in [6, 6.07) is 15.5. The van der Waals surface area contributed by atoms with Crippen LogP contribution in [0, 0.1) is 0 Å². The Balaban J connectivity index is 1.59. The number of rotatable bonds is 6. The van der Waals surface area contributed by atoms with Crippen LogP contribution in [-0.4, -0.2) is 44.5 Å². The summed E-state index contributed by atoms with van der Waals surface area (Å²) in [4.78, 5) is 40.0. The standard InChI is InChI=1S/C22H22N2O5/c1-23(2)16-10-8-15(9-11-16)13-24(3)21(26)14-28-22(27)20-12-18(25)17-6-4-5-7-19(17)29-20/h4-12H,13-14H2,1-3H3. The van der Waals surface area contributed by atoms with Crippen LogP contribution in [0.3, 0.4) is 0 Å². The van der Waals surface area contributed by atoms with Gasteiger partial charge in [0.05, 0.1) is 5.39 Å². The van der Waals surface area contributed by atoms with E-state index in [-0.39, 0.29) is 22.7 Å². The molecule has 2 aromatic carbocycles. The molecule has 0 fully saturated rings. The van der Waals surface area contributed by atoms with Crippen LogP contribution >= 0.6 is 0 Å². The number of hydrogen-bond donors (Lipinski definition) is 0. The number of anilines is 1. The van der Waals surface area contributed by atoms with E-state index in [1.54, 1.807) is 31.3 Å². The van der Waals surface area contributed by atoms with E-state index in [1.807, 2.05) is 43.3 Å². The summed E-state index contributed by atoms with van der Waals surface area (Å²) >= 11 is 0. The number of nitrogens with zero attached hydrogens (tertiary/aromatic N) is 2. The molecule has 0 aliphatic carbocycles. The Morgan fingerprint density at radius 1 is 1.00 bits per heavy atom. The van der Waals surface area contributed by atoms with Gasteiger partial charge in [-0.15, -0.1) is 0 Å². The molecule has 0 aliphatic rings. The van der Waals surface area contributed by atoms with Crippen molar-refractivity contribution in [1.29, 1.82) is 0 Å². The maximum absolute atomic E-state index is 12.3. The lowest BCUT2D eigenvalue weighted by Crippen LogP contribution is -2.31. The van der Waals surface area contributed by atoms with Gasteiger partial charge in [0.2, 0.25) is 5.76 Å². The maximum atomic E-state index is 12.3. The average Bonchev–Trinajstić information content (AvgIpc) is 2.72. The quantitative estimate of drug-likeness (QED) is 0.598. The van der Waals surface area contributed by atoms with Gasteiger partial charge in [-0.25, -0.2) is 4.79 Å². The Morgan fingerprint density at radius 2 is 1.69 bits per heavy atom. The molecule has 7 nitrogen and oxygen atoms in total. The number of esters is 1. The Hall–Kier alpha value is -3.61. The summed E-state index contributed by atoms with van der Waals surface area (Å²) in [7, 11) is 5.54. The van der Waals surface area contributed by atoms with Crippen LogP contribution < -0.4 is 10.3 Å². The molecule has 0 spiro atoms. The number of ether oxygens (including phenoxy) is 1. The third-order valence-corrected chi connectivity index (χ3v) is 4.46. The van der Waals surface area contributed by atoms with Gasteiger partial charge in [0.25, 0.3) is 5.91 Å². The van der Waals surface area contributed by atoms with Crippen LogP contribution in [0.15, 0.2) is 63.8 Å². The molecular weight excluding hydrogens is 372 g/mol. The highest BCUT2D eigenvalue weighted by atomic mass is 16.5. The normalized spacial score (nSPS) is 10.6. The lowest BCUT2D eigenvalue weighted by molar-refractivity contribution is -0.133. The van der Waals surface area contributed by atoms with Gasteiger partial charge < -0.3 is 19.0 Å². The van der Waals surface area contributed by atoms with Gasteiger partial charge in [0, 0.05) is 39.4 Å². The van der Waals surface area contributed by atoms with Gasteiger partial charge in [-0.05, 0) is 29.8 Å². The SMILES string of the molecule is CN(Cc1ccc(N(C)C)cc1)C(=O)COC(=O)c1cc(=O)c2ccccc2o1. The Labute approximate surface area is 168 Å². The van der Waals surface area contributed by atoms with Gasteiger partial charge in [-0.1, -0.05) is 24.3 Å². The molecule has 0 radical (unpaired) electrons. The van der Waals surface area contributed by atoms with Crippen molar-refractivity contribution in [3.63, 3.8) is 0 Å². The van der Waals surface area contributed by atoms with E-state index in [1.165, 1.54) is 4.90 Å². The first-order chi connectivity index (χ1) is 13.8. The summed E-state index contributed by atoms with van der Waals surface area (Å²) < 4.78 is 10.5. The van der Waals surface area contributed by atoms with E-state index in [0.29, 0.717) is 11.9 Å². The van der Waals surface area contributed by atoms with Crippen molar-refractivity contribution in [2.24, 2.45) is 0 Å². The number of hydrogen-bond acceptors (Lipinski definition) is 6. The van der Waals surface area contributed by atoms with E-state index in [9.17, 15) is 14.4 Å². The van der Waals surface area contributed by atoms with Crippen LogP contribution in [-0.2, 0) is 16.1 Å². The van der Waals surface area contributed by atoms with Gasteiger partial charge >= 0.3 is 5.97 Å². The molecule has 1 amide bonds. The Morgan fingerprint density at radius 3 is 2.38 bits per heavy atom. The zero-order valence-electron chi connectivity index (χ0n) is 16.5. The van der Waals surface area contributed by atoms with E-state index in [2.05, 4.69) is 0 Å². The van der Waals surface area contributed by atoms with Crippen molar-refractivity contribution in [2.75, 3.05) is 32.6 Å². The third-order valence-electron chi connectivity index (χ3n) is 4.46. The predicted octanol–water partition coefficient (Wildman–Crippen LogP) is 2.67. The van der Waals surface area contributed by atoms with Crippen LogP contribution in [0.5, 0.6) is 0 Å². The van der Waals surface area contributed by atoms with E-state index >= 15 is 0 Å². The minimum atomic E-state index is -0.857. The molecule has 0 atom stereocenters. The molecule has 7 heteroatoms. The van der Waals surface area contributed by atoms with E-state index in [4.69, 9.17) is 9.15 Å². The molecule has 1 aromatic heterocycles. The monoisotopic (exact) mass is 394 g/mol. The van der Waals surface area contributed by atoms with Crippen LogP contribution in [0.4, 0.5) is 5.69 Å². The second-order valence-electron chi connectivity index (χ2n) is 6.86. The van der Waals surface area contributed by atoms with Crippen molar-refractivity contribution in [3.8, 4) is 0 Å². The second-order valence-corrected chi connectivity index (χ2v) is 6.86. The zero-order chi connectivity index (χ0) is 21.0. The summed E-state index contributed by atoms with van der Waals surface area (Å²) in [5.74, 6) is -1.45.